The van der Waals surface area contributed by atoms with Gasteiger partial charge in [-0.1, -0.05) is 0 Å². The third kappa shape index (κ3) is 6.73. The topological polar surface area (TPSA) is 67.2 Å². The van der Waals surface area contributed by atoms with Crippen LogP contribution in [0.15, 0.2) is 12.4 Å². The fraction of sp³-hybridized carbons (Fsp3) is 0.727. The number of likely N-dealkylation sites (N-methyl/N-ethyl adjacent to an activating group) is 1. The van der Waals surface area contributed by atoms with Gasteiger partial charge in [-0.05, 0) is 7.05 Å². The summed E-state index contributed by atoms with van der Waals surface area (Å²) in [5, 5.41) is 7.24. The maximum Gasteiger partial charge on any atom is 0.148 e. The quantitative estimate of drug-likeness (QED) is 0.647. The van der Waals surface area contributed by atoms with Crippen LogP contribution < -0.4 is 5.32 Å². The van der Waals surface area contributed by atoms with Crippen molar-refractivity contribution < 1.29 is 8.42 Å². The van der Waals surface area contributed by atoms with Crippen LogP contribution in [0.1, 0.15) is 5.56 Å². The van der Waals surface area contributed by atoms with Crippen molar-refractivity contribution in [3.05, 3.63) is 18.0 Å². The highest BCUT2D eigenvalue weighted by atomic mass is 32.2. The molecule has 0 unspecified atom stereocenters. The first-order valence-corrected chi connectivity index (χ1v) is 7.97. The highest BCUT2D eigenvalue weighted by Crippen LogP contribution is 1.99. The number of hydrogen-bond acceptors (Lipinski definition) is 5. The summed E-state index contributed by atoms with van der Waals surface area (Å²) in [4.78, 5) is 2.17. The smallest absolute Gasteiger partial charge is 0.148 e. The summed E-state index contributed by atoms with van der Waals surface area (Å²) in [7, 11) is 1.07. The van der Waals surface area contributed by atoms with Crippen LogP contribution in [0.5, 0.6) is 0 Å². The SMILES string of the molecule is CN(CCNCCS(C)(=O)=O)Cc1cnn(C)c1. The molecule has 1 heterocycles. The van der Waals surface area contributed by atoms with E-state index >= 15 is 0 Å². The highest BCUT2D eigenvalue weighted by Gasteiger charge is 2.03. The first kappa shape index (κ1) is 15.1. The molecule has 104 valence electrons. The molecule has 1 aromatic heterocycles. The van der Waals surface area contributed by atoms with Gasteiger partial charge in [-0.3, -0.25) is 4.68 Å². The highest BCUT2D eigenvalue weighted by molar-refractivity contribution is 7.90. The Kier molecular flexibility index (Phi) is 5.77. The van der Waals surface area contributed by atoms with E-state index in [1.807, 2.05) is 26.5 Å². The zero-order valence-corrected chi connectivity index (χ0v) is 12.1. The van der Waals surface area contributed by atoms with Crippen LogP contribution in [0.3, 0.4) is 0 Å². The van der Waals surface area contributed by atoms with Gasteiger partial charge in [0.05, 0.1) is 11.9 Å². The van der Waals surface area contributed by atoms with Crippen LogP contribution in [0.25, 0.3) is 0 Å². The Morgan fingerprint density at radius 3 is 2.72 bits per heavy atom. The molecule has 0 atom stereocenters. The van der Waals surface area contributed by atoms with Gasteiger partial charge < -0.3 is 10.2 Å². The van der Waals surface area contributed by atoms with E-state index in [0.717, 1.165) is 19.6 Å². The molecule has 0 aliphatic carbocycles. The van der Waals surface area contributed by atoms with Crippen molar-refractivity contribution in [1.82, 2.24) is 20.0 Å². The molecule has 0 bridgehead atoms. The van der Waals surface area contributed by atoms with Crippen LogP contribution in [0.2, 0.25) is 0 Å². The largest absolute Gasteiger partial charge is 0.314 e. The molecule has 0 aromatic carbocycles. The van der Waals surface area contributed by atoms with Crippen molar-refractivity contribution in [2.45, 2.75) is 6.54 Å². The lowest BCUT2D eigenvalue weighted by atomic mass is 10.3. The van der Waals surface area contributed by atoms with Gasteiger partial charge in [0, 0.05) is 51.2 Å². The van der Waals surface area contributed by atoms with Gasteiger partial charge in [0.1, 0.15) is 9.84 Å². The summed E-state index contributed by atoms with van der Waals surface area (Å²) in [6.07, 6.45) is 5.10. The number of nitrogens with one attached hydrogen (secondary N) is 1. The Labute approximate surface area is 109 Å². The van der Waals surface area contributed by atoms with Crippen LogP contribution in [-0.2, 0) is 23.4 Å². The Morgan fingerprint density at radius 2 is 2.17 bits per heavy atom. The normalized spacial score (nSPS) is 12.2. The van der Waals surface area contributed by atoms with Gasteiger partial charge in [-0.25, -0.2) is 8.42 Å². The third-order valence-electron chi connectivity index (χ3n) is 2.53. The molecule has 0 saturated heterocycles. The predicted octanol–water partition coefficient (Wildman–Crippen LogP) is -0.514. The third-order valence-corrected chi connectivity index (χ3v) is 3.48. The fourth-order valence-electron chi connectivity index (χ4n) is 1.60. The zero-order valence-electron chi connectivity index (χ0n) is 11.3. The minimum absolute atomic E-state index is 0.194. The Balaban J connectivity index is 2.12. The standard InChI is InChI=1S/C11H22N4O2S/c1-14(9-11-8-13-15(2)10-11)6-4-12-5-7-18(3,16)17/h8,10,12H,4-7,9H2,1-3H3. The molecule has 1 N–H and O–H groups in total. The second-order valence-electron chi connectivity index (χ2n) is 4.64. The molecule has 0 amide bonds. The maximum absolute atomic E-state index is 10.9. The summed E-state index contributed by atoms with van der Waals surface area (Å²) >= 11 is 0. The van der Waals surface area contributed by atoms with Crippen LogP contribution >= 0.6 is 0 Å². The number of aromatic nitrogens is 2. The maximum atomic E-state index is 10.9. The minimum Gasteiger partial charge on any atom is -0.314 e. The van der Waals surface area contributed by atoms with Gasteiger partial charge in [0.25, 0.3) is 0 Å². The van der Waals surface area contributed by atoms with E-state index in [4.69, 9.17) is 0 Å². The lowest BCUT2D eigenvalue weighted by Crippen LogP contribution is -2.31. The molecule has 0 radical (unpaired) electrons. The molecular weight excluding hydrogens is 252 g/mol. The van der Waals surface area contributed by atoms with Crippen molar-refractivity contribution in [2.24, 2.45) is 7.05 Å². The molecule has 0 saturated carbocycles. The van der Waals surface area contributed by atoms with E-state index in [0.29, 0.717) is 6.54 Å². The number of hydrogen-bond donors (Lipinski definition) is 1. The molecule has 1 aromatic rings. The minimum atomic E-state index is -2.86. The molecular formula is C11H22N4O2S. The van der Waals surface area contributed by atoms with Crippen molar-refractivity contribution in [3.63, 3.8) is 0 Å². The monoisotopic (exact) mass is 274 g/mol. The first-order valence-electron chi connectivity index (χ1n) is 5.91. The van der Waals surface area contributed by atoms with Gasteiger partial charge in [-0.2, -0.15) is 5.10 Å². The van der Waals surface area contributed by atoms with E-state index in [-0.39, 0.29) is 5.75 Å². The molecule has 0 spiro atoms. The van der Waals surface area contributed by atoms with E-state index in [1.165, 1.54) is 11.8 Å². The summed E-state index contributed by atoms with van der Waals surface area (Å²) in [6.45, 7) is 3.02. The second-order valence-corrected chi connectivity index (χ2v) is 6.90. The van der Waals surface area contributed by atoms with Gasteiger partial charge >= 0.3 is 0 Å². The average molecular weight is 274 g/mol. The second kappa shape index (κ2) is 6.86. The summed E-state index contributed by atoms with van der Waals surface area (Å²) in [5.74, 6) is 0.194. The average Bonchev–Trinajstić information content (AvgIpc) is 2.61. The molecule has 0 fully saturated rings. The number of aryl methyl sites for hydroxylation is 1. The van der Waals surface area contributed by atoms with E-state index in [2.05, 4.69) is 15.3 Å². The molecule has 1 rings (SSSR count). The zero-order chi connectivity index (χ0) is 13.6. The van der Waals surface area contributed by atoms with Crippen molar-refractivity contribution in [3.8, 4) is 0 Å². The molecule has 0 aliphatic rings. The van der Waals surface area contributed by atoms with Gasteiger partial charge in [0.15, 0.2) is 0 Å². The summed E-state index contributed by atoms with van der Waals surface area (Å²) in [6, 6.07) is 0. The predicted molar refractivity (Wildman–Crippen MR) is 72.1 cm³/mol. The lowest BCUT2D eigenvalue weighted by Gasteiger charge is -2.15. The Bertz CT molecular complexity index is 455. The van der Waals surface area contributed by atoms with Crippen LogP contribution in [0.4, 0.5) is 0 Å². The molecule has 0 aliphatic heterocycles. The molecule has 6 nitrogen and oxygen atoms in total. The van der Waals surface area contributed by atoms with E-state index in [1.54, 1.807) is 4.68 Å². The van der Waals surface area contributed by atoms with Crippen molar-refractivity contribution in [1.29, 1.82) is 0 Å². The Morgan fingerprint density at radius 1 is 1.44 bits per heavy atom. The van der Waals surface area contributed by atoms with Crippen LogP contribution in [-0.4, -0.2) is 61.8 Å². The first-order chi connectivity index (χ1) is 8.37. The summed E-state index contributed by atoms with van der Waals surface area (Å²) in [5.41, 5.74) is 1.18. The lowest BCUT2D eigenvalue weighted by molar-refractivity contribution is 0.325. The van der Waals surface area contributed by atoms with Gasteiger partial charge in [0.2, 0.25) is 0 Å². The van der Waals surface area contributed by atoms with Gasteiger partial charge in [-0.15, -0.1) is 0 Å². The number of nitrogens with zero attached hydrogens (tertiary/aromatic N) is 3. The summed E-state index contributed by atoms with van der Waals surface area (Å²) < 4.78 is 23.6. The van der Waals surface area contributed by atoms with Crippen molar-refractivity contribution >= 4 is 9.84 Å². The Hall–Kier alpha value is -0.920. The number of sulfone groups is 1. The van der Waals surface area contributed by atoms with Crippen LogP contribution in [0, 0.1) is 0 Å². The van der Waals surface area contributed by atoms with E-state index < -0.39 is 9.84 Å². The molecule has 18 heavy (non-hydrogen) atoms. The fourth-order valence-corrected chi connectivity index (χ4v) is 2.11. The van der Waals surface area contributed by atoms with Crippen molar-refractivity contribution in [2.75, 3.05) is 38.7 Å². The number of rotatable bonds is 8. The van der Waals surface area contributed by atoms with E-state index in [9.17, 15) is 8.42 Å². The molecule has 7 heteroatoms.